The number of ether oxygens (including phenoxy) is 2. The van der Waals surface area contributed by atoms with Crippen LogP contribution in [-0.2, 0) is 4.74 Å². The number of hydrogen-bond donors (Lipinski definition) is 1. The number of thioether (sulfide) groups is 2. The number of piperidine rings is 1. The fourth-order valence-electron chi connectivity index (χ4n) is 3.11. The molecule has 11 heteroatoms. The SMILES string of the molecule is CN=C(SC(C)F)c1c(N[C@@H]2CCCN(C(=O)OC(C)(C)C)C2)nc(SC)nc1OC. The average molecular weight is 474 g/mol. The van der Waals surface area contributed by atoms with E-state index in [9.17, 15) is 9.18 Å². The number of nitrogens with one attached hydrogen (secondary N) is 1. The Labute approximate surface area is 192 Å². The molecule has 1 fully saturated rings. The first-order chi connectivity index (χ1) is 14.6. The third-order valence-corrected chi connectivity index (χ3v) is 5.82. The Morgan fingerprint density at radius 2 is 2.10 bits per heavy atom. The zero-order valence-corrected chi connectivity index (χ0v) is 20.8. The maximum Gasteiger partial charge on any atom is 0.410 e. The van der Waals surface area contributed by atoms with Gasteiger partial charge in [-0.3, -0.25) is 4.99 Å². The van der Waals surface area contributed by atoms with Gasteiger partial charge in [-0.25, -0.2) is 14.2 Å². The summed E-state index contributed by atoms with van der Waals surface area (Å²) in [7, 11) is 3.11. The molecule has 1 aromatic rings. The number of carbonyl (C=O) groups excluding carboxylic acids is 1. The molecule has 0 aromatic carbocycles. The topological polar surface area (TPSA) is 88.9 Å². The van der Waals surface area contributed by atoms with E-state index >= 15 is 0 Å². The second-order valence-electron chi connectivity index (χ2n) is 8.04. The van der Waals surface area contributed by atoms with Crippen molar-refractivity contribution in [1.82, 2.24) is 14.9 Å². The average Bonchev–Trinajstić information content (AvgIpc) is 2.70. The number of amides is 1. The second-order valence-corrected chi connectivity index (χ2v) is 10.1. The van der Waals surface area contributed by atoms with Gasteiger partial charge >= 0.3 is 6.09 Å². The van der Waals surface area contributed by atoms with Gasteiger partial charge in [0, 0.05) is 26.2 Å². The van der Waals surface area contributed by atoms with Crippen LogP contribution in [0.3, 0.4) is 0 Å². The molecule has 0 bridgehead atoms. The normalized spacial score (nSPS) is 18.5. The van der Waals surface area contributed by atoms with Crippen molar-refractivity contribution in [3.63, 3.8) is 0 Å². The summed E-state index contributed by atoms with van der Waals surface area (Å²) in [5.74, 6) is 0.844. The molecule has 1 aromatic heterocycles. The summed E-state index contributed by atoms with van der Waals surface area (Å²) in [4.78, 5) is 27.5. The minimum atomic E-state index is -1.16. The van der Waals surface area contributed by atoms with Gasteiger partial charge in [0.25, 0.3) is 0 Å². The first-order valence-corrected chi connectivity index (χ1v) is 12.2. The molecule has 174 valence electrons. The van der Waals surface area contributed by atoms with Crippen LogP contribution in [0.1, 0.15) is 46.1 Å². The van der Waals surface area contributed by atoms with E-state index in [1.54, 1.807) is 11.9 Å². The van der Waals surface area contributed by atoms with Crippen molar-refractivity contribution >= 4 is 40.5 Å². The second kappa shape index (κ2) is 11.2. The molecule has 1 saturated heterocycles. The maximum absolute atomic E-state index is 13.8. The Hall–Kier alpha value is -1.75. The molecule has 8 nitrogen and oxygen atoms in total. The van der Waals surface area contributed by atoms with Gasteiger partial charge < -0.3 is 19.7 Å². The first kappa shape index (κ1) is 25.5. The maximum atomic E-state index is 13.8. The largest absolute Gasteiger partial charge is 0.480 e. The smallest absolute Gasteiger partial charge is 0.410 e. The number of alkyl halides is 1. The number of nitrogens with zero attached hydrogens (tertiary/aromatic N) is 4. The lowest BCUT2D eigenvalue weighted by Crippen LogP contribution is -2.47. The molecule has 1 aliphatic rings. The Kier molecular flexibility index (Phi) is 9.23. The van der Waals surface area contributed by atoms with E-state index in [0.717, 1.165) is 24.6 Å². The molecule has 2 rings (SSSR count). The number of hydrogen-bond acceptors (Lipinski definition) is 9. The van der Waals surface area contributed by atoms with Crippen LogP contribution in [0.5, 0.6) is 5.88 Å². The fourth-order valence-corrected chi connectivity index (χ4v) is 4.19. The van der Waals surface area contributed by atoms with E-state index < -0.39 is 11.1 Å². The van der Waals surface area contributed by atoms with Gasteiger partial charge in [-0.2, -0.15) is 4.98 Å². The zero-order chi connectivity index (χ0) is 23.2. The summed E-state index contributed by atoms with van der Waals surface area (Å²) in [5.41, 5.74) is -1.19. The van der Waals surface area contributed by atoms with Crippen molar-refractivity contribution < 1.29 is 18.7 Å². The highest BCUT2D eigenvalue weighted by atomic mass is 32.2. The predicted octanol–water partition coefficient (Wildman–Crippen LogP) is 4.44. The van der Waals surface area contributed by atoms with Crippen molar-refractivity contribution in [3.8, 4) is 5.88 Å². The molecule has 2 heterocycles. The summed E-state index contributed by atoms with van der Waals surface area (Å²) in [5, 5.41) is 4.39. The van der Waals surface area contributed by atoms with Gasteiger partial charge in [0.2, 0.25) is 5.88 Å². The zero-order valence-electron chi connectivity index (χ0n) is 19.2. The minimum Gasteiger partial charge on any atom is -0.480 e. The summed E-state index contributed by atoms with van der Waals surface area (Å²) < 4.78 is 24.8. The standard InChI is InChI=1S/C20H32FN5O3S2/c1-12(21)31-17(22-5)14-15(24-18(30-7)25-16(14)28-6)23-13-9-8-10-26(11-13)19(27)29-20(2,3)4/h12-13H,8-11H2,1-7H3,(H,23,24,25)/t12?,13-/m1/s1. The molecule has 1 amide bonds. The fraction of sp³-hybridized carbons (Fsp3) is 0.700. The third kappa shape index (κ3) is 7.41. The lowest BCUT2D eigenvalue weighted by Gasteiger charge is -2.35. The van der Waals surface area contributed by atoms with Crippen LogP contribution in [0.25, 0.3) is 0 Å². The summed E-state index contributed by atoms with van der Waals surface area (Å²) in [6.07, 6.45) is 3.22. The molecule has 1 aliphatic heterocycles. The molecular formula is C20H32FN5O3S2. The lowest BCUT2D eigenvalue weighted by atomic mass is 10.1. The molecule has 0 saturated carbocycles. The Bertz CT molecular complexity index is 802. The number of carbonyl (C=O) groups is 1. The number of aliphatic imine (C=N–C) groups is 1. The van der Waals surface area contributed by atoms with Gasteiger partial charge in [-0.05, 0) is 46.8 Å². The van der Waals surface area contributed by atoms with Crippen LogP contribution in [0.4, 0.5) is 15.0 Å². The van der Waals surface area contributed by atoms with E-state index in [0.29, 0.717) is 40.6 Å². The Morgan fingerprint density at radius 1 is 1.39 bits per heavy atom. The van der Waals surface area contributed by atoms with Crippen LogP contribution >= 0.6 is 23.5 Å². The van der Waals surface area contributed by atoms with Crippen LogP contribution in [-0.4, -0.2) is 76.7 Å². The number of halogens is 1. The van der Waals surface area contributed by atoms with Crippen LogP contribution in [0.2, 0.25) is 0 Å². The number of anilines is 1. The Balaban J connectivity index is 2.33. The third-order valence-electron chi connectivity index (χ3n) is 4.34. The van der Waals surface area contributed by atoms with Crippen molar-refractivity contribution in [1.29, 1.82) is 0 Å². The summed E-state index contributed by atoms with van der Waals surface area (Å²) in [6.45, 7) is 8.11. The molecule has 2 atom stereocenters. The molecule has 31 heavy (non-hydrogen) atoms. The van der Waals surface area contributed by atoms with E-state index in [4.69, 9.17) is 9.47 Å². The van der Waals surface area contributed by atoms with Gasteiger partial charge in [0.05, 0.1) is 7.11 Å². The van der Waals surface area contributed by atoms with E-state index in [2.05, 4.69) is 20.3 Å². The molecule has 0 radical (unpaired) electrons. The monoisotopic (exact) mass is 473 g/mol. The quantitative estimate of drug-likeness (QED) is 0.281. The van der Waals surface area contributed by atoms with Crippen molar-refractivity contribution in [2.24, 2.45) is 4.99 Å². The number of rotatable bonds is 6. The van der Waals surface area contributed by atoms with E-state index in [1.807, 2.05) is 27.0 Å². The van der Waals surface area contributed by atoms with Crippen LogP contribution < -0.4 is 10.1 Å². The van der Waals surface area contributed by atoms with Gasteiger partial charge in [-0.1, -0.05) is 23.5 Å². The number of aromatic nitrogens is 2. The Morgan fingerprint density at radius 3 is 2.65 bits per heavy atom. The molecule has 1 unspecified atom stereocenters. The number of methoxy groups -OCH3 is 1. The van der Waals surface area contributed by atoms with Gasteiger partial charge in [-0.15, -0.1) is 0 Å². The van der Waals surface area contributed by atoms with Crippen molar-refractivity contribution in [3.05, 3.63) is 5.56 Å². The highest BCUT2D eigenvalue weighted by molar-refractivity contribution is 8.14. The molecule has 0 aliphatic carbocycles. The number of likely N-dealkylation sites (tertiary alicyclic amines) is 1. The van der Waals surface area contributed by atoms with Crippen LogP contribution in [0, 0.1) is 0 Å². The van der Waals surface area contributed by atoms with Crippen molar-refractivity contribution in [2.75, 3.05) is 38.8 Å². The lowest BCUT2D eigenvalue weighted by molar-refractivity contribution is 0.0206. The highest BCUT2D eigenvalue weighted by Crippen LogP contribution is 2.33. The first-order valence-electron chi connectivity index (χ1n) is 10.1. The highest BCUT2D eigenvalue weighted by Gasteiger charge is 2.30. The summed E-state index contributed by atoms with van der Waals surface area (Å²) in [6, 6.07) is -0.0553. The van der Waals surface area contributed by atoms with E-state index in [1.165, 1.54) is 25.8 Å². The molecular weight excluding hydrogens is 441 g/mol. The van der Waals surface area contributed by atoms with Crippen molar-refractivity contribution in [2.45, 2.75) is 62.8 Å². The van der Waals surface area contributed by atoms with E-state index in [-0.39, 0.29) is 12.1 Å². The van der Waals surface area contributed by atoms with Gasteiger partial charge in [0.15, 0.2) is 5.16 Å². The van der Waals surface area contributed by atoms with Gasteiger partial charge in [0.1, 0.15) is 27.5 Å². The minimum absolute atomic E-state index is 0.0553. The van der Waals surface area contributed by atoms with Crippen LogP contribution in [0.15, 0.2) is 10.1 Å². The summed E-state index contributed by atoms with van der Waals surface area (Å²) >= 11 is 2.36. The molecule has 1 N–H and O–H groups in total. The predicted molar refractivity (Wildman–Crippen MR) is 125 cm³/mol. The molecule has 0 spiro atoms.